The summed E-state index contributed by atoms with van der Waals surface area (Å²) >= 11 is 7.00. The molecule has 2 aromatic rings. The van der Waals surface area contributed by atoms with Crippen LogP contribution in [0.3, 0.4) is 0 Å². The SMILES string of the molecule is CC(C)(C)c1nnsc1C(=O)Cc1ccc(Cl)cc1. The van der Waals surface area contributed by atoms with E-state index < -0.39 is 0 Å². The largest absolute Gasteiger partial charge is 0.293 e. The Kier molecular flexibility index (Phi) is 4.02. The summed E-state index contributed by atoms with van der Waals surface area (Å²) in [6.07, 6.45) is 0.351. The van der Waals surface area contributed by atoms with E-state index in [0.29, 0.717) is 16.3 Å². The summed E-state index contributed by atoms with van der Waals surface area (Å²) in [5.74, 6) is 0.0576. The average molecular weight is 295 g/mol. The first-order chi connectivity index (χ1) is 8.88. The van der Waals surface area contributed by atoms with Gasteiger partial charge in [0.25, 0.3) is 0 Å². The summed E-state index contributed by atoms with van der Waals surface area (Å²) in [7, 11) is 0. The molecule has 0 atom stereocenters. The second kappa shape index (κ2) is 5.39. The number of ketones is 1. The Bertz CT molecular complexity index is 584. The number of benzene rings is 1. The minimum absolute atomic E-state index is 0.0576. The van der Waals surface area contributed by atoms with E-state index in [0.717, 1.165) is 11.3 Å². The molecule has 0 aliphatic heterocycles. The van der Waals surface area contributed by atoms with E-state index in [2.05, 4.69) is 9.59 Å². The van der Waals surface area contributed by atoms with Crippen molar-refractivity contribution in [1.82, 2.24) is 9.59 Å². The predicted octanol–water partition coefficient (Wildman–Crippen LogP) is 3.91. The Morgan fingerprint density at radius 1 is 1.26 bits per heavy atom. The molecular weight excluding hydrogens is 280 g/mol. The molecule has 0 saturated carbocycles. The van der Waals surface area contributed by atoms with Crippen molar-refractivity contribution < 1.29 is 4.79 Å². The van der Waals surface area contributed by atoms with Gasteiger partial charge in [-0.3, -0.25) is 4.79 Å². The van der Waals surface area contributed by atoms with Gasteiger partial charge in [-0.1, -0.05) is 49.0 Å². The zero-order valence-corrected chi connectivity index (χ0v) is 12.7. The molecule has 0 radical (unpaired) electrons. The van der Waals surface area contributed by atoms with Gasteiger partial charge in [0.15, 0.2) is 5.78 Å². The van der Waals surface area contributed by atoms with Gasteiger partial charge in [0.1, 0.15) is 4.88 Å². The number of rotatable bonds is 3. The van der Waals surface area contributed by atoms with Crippen LogP contribution >= 0.6 is 23.1 Å². The van der Waals surface area contributed by atoms with Gasteiger partial charge in [0, 0.05) is 16.9 Å². The smallest absolute Gasteiger partial charge is 0.180 e. The van der Waals surface area contributed by atoms with Crippen LogP contribution in [0.4, 0.5) is 0 Å². The Hall–Kier alpha value is -1.26. The molecule has 19 heavy (non-hydrogen) atoms. The van der Waals surface area contributed by atoms with Crippen molar-refractivity contribution in [2.45, 2.75) is 32.6 Å². The molecule has 2 rings (SSSR count). The fraction of sp³-hybridized carbons (Fsp3) is 0.357. The van der Waals surface area contributed by atoms with Crippen molar-refractivity contribution in [3.8, 4) is 0 Å². The minimum atomic E-state index is -0.169. The van der Waals surface area contributed by atoms with Crippen LogP contribution in [-0.4, -0.2) is 15.4 Å². The molecular formula is C14H15ClN2OS. The summed E-state index contributed by atoms with van der Waals surface area (Å²) in [5.41, 5.74) is 1.55. The summed E-state index contributed by atoms with van der Waals surface area (Å²) in [6.45, 7) is 6.09. The molecule has 0 bridgehead atoms. The molecule has 0 amide bonds. The number of nitrogens with zero attached hydrogens (tertiary/aromatic N) is 2. The quantitative estimate of drug-likeness (QED) is 0.806. The Morgan fingerprint density at radius 2 is 1.89 bits per heavy atom. The lowest BCUT2D eigenvalue weighted by Crippen LogP contribution is -2.17. The van der Waals surface area contributed by atoms with Gasteiger partial charge in [0.05, 0.1) is 5.69 Å². The monoisotopic (exact) mass is 294 g/mol. The molecule has 100 valence electrons. The maximum atomic E-state index is 12.3. The molecule has 0 spiro atoms. The second-order valence-corrected chi connectivity index (χ2v) is 6.62. The molecule has 5 heteroatoms. The van der Waals surface area contributed by atoms with Crippen LogP contribution in [0, 0.1) is 0 Å². The number of halogens is 1. The van der Waals surface area contributed by atoms with Gasteiger partial charge >= 0.3 is 0 Å². The molecule has 0 unspecified atom stereocenters. The van der Waals surface area contributed by atoms with Crippen molar-refractivity contribution >= 4 is 28.9 Å². The fourth-order valence-corrected chi connectivity index (χ4v) is 2.67. The van der Waals surface area contributed by atoms with Gasteiger partial charge in [-0.2, -0.15) is 0 Å². The first-order valence-electron chi connectivity index (χ1n) is 5.98. The highest BCUT2D eigenvalue weighted by atomic mass is 35.5. The van der Waals surface area contributed by atoms with Crippen molar-refractivity contribution in [3.63, 3.8) is 0 Å². The van der Waals surface area contributed by atoms with Crippen LogP contribution in [0.25, 0.3) is 0 Å². The summed E-state index contributed by atoms with van der Waals surface area (Å²) < 4.78 is 3.92. The van der Waals surface area contributed by atoms with Crippen LogP contribution in [-0.2, 0) is 11.8 Å². The molecule has 0 saturated heterocycles. The highest BCUT2D eigenvalue weighted by molar-refractivity contribution is 7.08. The lowest BCUT2D eigenvalue weighted by atomic mass is 9.90. The molecule has 1 aromatic heterocycles. The van der Waals surface area contributed by atoms with E-state index >= 15 is 0 Å². The second-order valence-electron chi connectivity index (χ2n) is 5.43. The van der Waals surface area contributed by atoms with E-state index in [1.807, 2.05) is 32.9 Å². The highest BCUT2D eigenvalue weighted by Crippen LogP contribution is 2.26. The van der Waals surface area contributed by atoms with Gasteiger partial charge in [-0.05, 0) is 29.2 Å². The third kappa shape index (κ3) is 3.39. The van der Waals surface area contributed by atoms with Gasteiger partial charge in [-0.15, -0.1) is 5.10 Å². The molecule has 1 aromatic carbocycles. The molecule has 0 aliphatic carbocycles. The van der Waals surface area contributed by atoms with E-state index in [4.69, 9.17) is 11.6 Å². The minimum Gasteiger partial charge on any atom is -0.293 e. The van der Waals surface area contributed by atoms with Gasteiger partial charge in [-0.25, -0.2) is 0 Å². The molecule has 0 fully saturated rings. The number of Topliss-reactive ketones (excluding diaryl/α,β-unsaturated/α-hetero) is 1. The fourth-order valence-electron chi connectivity index (χ4n) is 1.73. The predicted molar refractivity (Wildman–Crippen MR) is 78.1 cm³/mol. The third-order valence-electron chi connectivity index (χ3n) is 2.73. The number of carbonyl (C=O) groups is 1. The molecule has 1 heterocycles. The maximum absolute atomic E-state index is 12.3. The molecule has 0 N–H and O–H groups in total. The average Bonchev–Trinajstić information content (AvgIpc) is 2.81. The van der Waals surface area contributed by atoms with Crippen LogP contribution in [0.1, 0.15) is 41.7 Å². The topological polar surface area (TPSA) is 42.9 Å². The number of hydrogen-bond donors (Lipinski definition) is 0. The van der Waals surface area contributed by atoms with E-state index in [1.54, 1.807) is 12.1 Å². The Labute approximate surface area is 121 Å². The van der Waals surface area contributed by atoms with Crippen LogP contribution in [0.5, 0.6) is 0 Å². The number of aromatic nitrogens is 2. The van der Waals surface area contributed by atoms with Crippen molar-refractivity contribution in [1.29, 1.82) is 0 Å². The van der Waals surface area contributed by atoms with Gasteiger partial charge < -0.3 is 0 Å². The van der Waals surface area contributed by atoms with Gasteiger partial charge in [0.2, 0.25) is 0 Å². The van der Waals surface area contributed by atoms with E-state index in [-0.39, 0.29) is 11.2 Å². The lowest BCUT2D eigenvalue weighted by molar-refractivity contribution is 0.0994. The van der Waals surface area contributed by atoms with Crippen molar-refractivity contribution in [3.05, 3.63) is 45.4 Å². The lowest BCUT2D eigenvalue weighted by Gasteiger charge is -2.15. The first kappa shape index (κ1) is 14.2. The Balaban J connectivity index is 2.21. The first-order valence-corrected chi connectivity index (χ1v) is 7.13. The standard InChI is InChI=1S/C14H15ClN2OS/c1-14(2,3)13-12(19-17-16-13)11(18)8-9-4-6-10(15)7-5-9/h4-7H,8H2,1-3H3. The van der Waals surface area contributed by atoms with Crippen molar-refractivity contribution in [2.24, 2.45) is 0 Å². The van der Waals surface area contributed by atoms with Crippen LogP contribution in [0.15, 0.2) is 24.3 Å². The summed E-state index contributed by atoms with van der Waals surface area (Å²) in [5, 5.41) is 4.76. The van der Waals surface area contributed by atoms with E-state index in [1.165, 1.54) is 11.5 Å². The van der Waals surface area contributed by atoms with Crippen LogP contribution in [0.2, 0.25) is 5.02 Å². The molecule has 3 nitrogen and oxygen atoms in total. The zero-order valence-electron chi connectivity index (χ0n) is 11.1. The number of hydrogen-bond acceptors (Lipinski definition) is 4. The highest BCUT2D eigenvalue weighted by Gasteiger charge is 2.26. The van der Waals surface area contributed by atoms with Crippen LogP contribution < -0.4 is 0 Å². The Morgan fingerprint density at radius 3 is 2.47 bits per heavy atom. The molecule has 0 aliphatic rings. The normalized spacial score (nSPS) is 11.6. The summed E-state index contributed by atoms with van der Waals surface area (Å²) in [4.78, 5) is 13.0. The number of carbonyl (C=O) groups excluding carboxylic acids is 1. The zero-order chi connectivity index (χ0) is 14.0. The third-order valence-corrected chi connectivity index (χ3v) is 3.75. The summed E-state index contributed by atoms with van der Waals surface area (Å²) in [6, 6.07) is 7.32. The van der Waals surface area contributed by atoms with Crippen molar-refractivity contribution in [2.75, 3.05) is 0 Å². The van der Waals surface area contributed by atoms with E-state index in [9.17, 15) is 4.79 Å². The maximum Gasteiger partial charge on any atom is 0.180 e.